The average molecular weight is 196 g/mol. The number of carbonyl (C=O) groups excluding carboxylic acids is 1. The molecule has 3 nitrogen and oxygen atoms in total. The van der Waals surface area contributed by atoms with Crippen molar-refractivity contribution >= 4 is 5.91 Å². The first kappa shape index (κ1) is 9.97. The highest BCUT2D eigenvalue weighted by atomic mass is 16.1. The summed E-state index contributed by atoms with van der Waals surface area (Å²) in [5.74, 6) is 0.235. The summed E-state index contributed by atoms with van der Waals surface area (Å²) < 4.78 is 0. The molecule has 2 N–H and O–H groups in total. The number of nitrogens with one attached hydrogen (secondary N) is 2. The quantitative estimate of drug-likeness (QED) is 0.712. The topological polar surface area (TPSA) is 41.1 Å². The van der Waals surface area contributed by atoms with Gasteiger partial charge < -0.3 is 10.6 Å². The molecule has 0 aromatic rings. The summed E-state index contributed by atoms with van der Waals surface area (Å²) in [5, 5.41) is 6.72. The molecule has 0 aromatic heterocycles. The maximum atomic E-state index is 11.4. The summed E-state index contributed by atoms with van der Waals surface area (Å²) in [7, 11) is 0. The van der Waals surface area contributed by atoms with Gasteiger partial charge in [0.05, 0.1) is 0 Å². The van der Waals surface area contributed by atoms with E-state index < -0.39 is 0 Å². The number of amides is 1. The molecule has 2 fully saturated rings. The molecule has 0 aliphatic carbocycles. The Labute approximate surface area is 85.6 Å². The lowest BCUT2D eigenvalue weighted by Crippen LogP contribution is -2.47. The van der Waals surface area contributed by atoms with Crippen molar-refractivity contribution in [1.82, 2.24) is 10.6 Å². The Bertz CT molecular complexity index is 205. The highest BCUT2D eigenvalue weighted by Crippen LogP contribution is 2.26. The van der Waals surface area contributed by atoms with Crippen LogP contribution in [-0.2, 0) is 4.79 Å². The van der Waals surface area contributed by atoms with E-state index in [-0.39, 0.29) is 5.91 Å². The molecular formula is C11H20N2O. The third kappa shape index (κ3) is 2.27. The summed E-state index contributed by atoms with van der Waals surface area (Å²) >= 11 is 0. The van der Waals surface area contributed by atoms with E-state index in [4.69, 9.17) is 0 Å². The maximum Gasteiger partial charge on any atom is 0.220 e. The van der Waals surface area contributed by atoms with Crippen LogP contribution >= 0.6 is 0 Å². The fourth-order valence-corrected chi connectivity index (χ4v) is 2.70. The van der Waals surface area contributed by atoms with E-state index in [1.807, 2.05) is 6.92 Å². The maximum absolute atomic E-state index is 11.4. The minimum atomic E-state index is 0.235. The zero-order chi connectivity index (χ0) is 9.97. The van der Waals surface area contributed by atoms with Crippen molar-refractivity contribution in [2.75, 3.05) is 0 Å². The number of carbonyl (C=O) groups is 1. The van der Waals surface area contributed by atoms with Gasteiger partial charge in [0.1, 0.15) is 0 Å². The van der Waals surface area contributed by atoms with E-state index in [1.54, 1.807) is 0 Å². The van der Waals surface area contributed by atoms with Crippen LogP contribution in [0.2, 0.25) is 0 Å². The molecule has 14 heavy (non-hydrogen) atoms. The van der Waals surface area contributed by atoms with Gasteiger partial charge in [-0.25, -0.2) is 0 Å². The highest BCUT2D eigenvalue weighted by Gasteiger charge is 2.33. The zero-order valence-corrected chi connectivity index (χ0v) is 8.88. The van der Waals surface area contributed by atoms with Crippen molar-refractivity contribution in [3.05, 3.63) is 0 Å². The van der Waals surface area contributed by atoms with Gasteiger partial charge >= 0.3 is 0 Å². The van der Waals surface area contributed by atoms with Crippen molar-refractivity contribution in [3.8, 4) is 0 Å². The highest BCUT2D eigenvalue weighted by molar-refractivity contribution is 5.76. The lowest BCUT2D eigenvalue weighted by Gasteiger charge is -2.29. The van der Waals surface area contributed by atoms with E-state index in [1.165, 1.54) is 12.8 Å². The first-order valence-electron chi connectivity index (χ1n) is 5.83. The van der Waals surface area contributed by atoms with Crippen LogP contribution in [0.15, 0.2) is 0 Å². The number of hydrogen-bond acceptors (Lipinski definition) is 2. The van der Waals surface area contributed by atoms with Gasteiger partial charge in [0.2, 0.25) is 5.91 Å². The molecule has 2 atom stereocenters. The Morgan fingerprint density at radius 1 is 1.36 bits per heavy atom. The van der Waals surface area contributed by atoms with Crippen molar-refractivity contribution in [2.45, 2.75) is 63.6 Å². The van der Waals surface area contributed by atoms with Crippen LogP contribution in [0.1, 0.15) is 45.4 Å². The molecule has 0 radical (unpaired) electrons. The molecule has 2 rings (SSSR count). The second-order valence-corrected chi connectivity index (χ2v) is 4.62. The van der Waals surface area contributed by atoms with Crippen LogP contribution < -0.4 is 10.6 Å². The normalized spacial score (nSPS) is 35.6. The van der Waals surface area contributed by atoms with Gasteiger partial charge in [0.25, 0.3) is 0 Å². The Hall–Kier alpha value is -0.570. The lowest BCUT2D eigenvalue weighted by molar-refractivity contribution is -0.122. The second-order valence-electron chi connectivity index (χ2n) is 4.62. The molecular weight excluding hydrogens is 176 g/mol. The first-order valence-corrected chi connectivity index (χ1v) is 5.83. The van der Waals surface area contributed by atoms with Gasteiger partial charge in [-0.15, -0.1) is 0 Å². The summed E-state index contributed by atoms with van der Waals surface area (Å²) in [4.78, 5) is 11.4. The van der Waals surface area contributed by atoms with Gasteiger partial charge in [0, 0.05) is 24.5 Å². The number of rotatable bonds is 3. The standard InChI is InChI=1S/C11H20N2O/c1-2-3-11(14)13-10-6-8-4-5-9(7-10)12-8/h8-10,12H,2-7H2,1H3,(H,13,14). The fraction of sp³-hybridized carbons (Fsp3) is 0.909. The summed E-state index contributed by atoms with van der Waals surface area (Å²) in [6, 6.07) is 1.77. The van der Waals surface area contributed by atoms with Gasteiger partial charge in [-0.2, -0.15) is 0 Å². The Morgan fingerprint density at radius 2 is 2.00 bits per heavy atom. The summed E-state index contributed by atoms with van der Waals surface area (Å²) in [5.41, 5.74) is 0. The van der Waals surface area contributed by atoms with Gasteiger partial charge in [-0.1, -0.05) is 6.92 Å². The molecule has 2 unspecified atom stereocenters. The molecule has 3 heteroatoms. The first-order chi connectivity index (χ1) is 6.78. The second kappa shape index (κ2) is 4.30. The van der Waals surface area contributed by atoms with Crippen molar-refractivity contribution in [3.63, 3.8) is 0 Å². The summed E-state index contributed by atoms with van der Waals surface area (Å²) in [6.07, 6.45) is 6.48. The Kier molecular flexibility index (Phi) is 3.06. The molecule has 80 valence electrons. The third-order valence-corrected chi connectivity index (χ3v) is 3.32. The van der Waals surface area contributed by atoms with E-state index >= 15 is 0 Å². The molecule has 1 amide bonds. The van der Waals surface area contributed by atoms with E-state index in [9.17, 15) is 4.79 Å². The van der Waals surface area contributed by atoms with Crippen LogP contribution in [0.25, 0.3) is 0 Å². The van der Waals surface area contributed by atoms with Crippen LogP contribution in [0, 0.1) is 0 Å². The molecule has 2 aliphatic rings. The van der Waals surface area contributed by atoms with Crippen molar-refractivity contribution in [2.24, 2.45) is 0 Å². The van der Waals surface area contributed by atoms with E-state index in [2.05, 4.69) is 10.6 Å². The molecule has 2 aliphatic heterocycles. The number of fused-ring (bicyclic) bond motifs is 2. The lowest BCUT2D eigenvalue weighted by atomic mass is 10.00. The van der Waals surface area contributed by atoms with Crippen molar-refractivity contribution < 1.29 is 4.79 Å². The van der Waals surface area contributed by atoms with E-state index in [0.29, 0.717) is 24.5 Å². The smallest absolute Gasteiger partial charge is 0.220 e. The summed E-state index contributed by atoms with van der Waals surface area (Å²) in [6.45, 7) is 2.05. The van der Waals surface area contributed by atoms with Crippen molar-refractivity contribution in [1.29, 1.82) is 0 Å². The Morgan fingerprint density at radius 3 is 2.57 bits per heavy atom. The minimum Gasteiger partial charge on any atom is -0.353 e. The van der Waals surface area contributed by atoms with Gasteiger partial charge in [-0.3, -0.25) is 4.79 Å². The molecule has 0 aromatic carbocycles. The SMILES string of the molecule is CCCC(=O)NC1CC2CCC(C1)N2. The number of hydrogen-bond donors (Lipinski definition) is 2. The zero-order valence-electron chi connectivity index (χ0n) is 8.88. The molecule has 2 bridgehead atoms. The minimum absolute atomic E-state index is 0.235. The van der Waals surface area contributed by atoms with Crippen LogP contribution in [0.4, 0.5) is 0 Å². The van der Waals surface area contributed by atoms with Crippen LogP contribution in [-0.4, -0.2) is 24.0 Å². The molecule has 0 saturated carbocycles. The molecule has 2 saturated heterocycles. The largest absolute Gasteiger partial charge is 0.353 e. The fourth-order valence-electron chi connectivity index (χ4n) is 2.70. The van der Waals surface area contributed by atoms with E-state index in [0.717, 1.165) is 19.3 Å². The molecule has 2 heterocycles. The van der Waals surface area contributed by atoms with Gasteiger partial charge in [-0.05, 0) is 32.1 Å². The molecule has 0 spiro atoms. The predicted molar refractivity (Wildman–Crippen MR) is 56.0 cm³/mol. The van der Waals surface area contributed by atoms with Gasteiger partial charge in [0.15, 0.2) is 0 Å². The monoisotopic (exact) mass is 196 g/mol. The number of piperidine rings is 1. The Balaban J connectivity index is 1.79. The predicted octanol–water partition coefficient (Wildman–Crippen LogP) is 1.19. The third-order valence-electron chi connectivity index (χ3n) is 3.32. The van der Waals surface area contributed by atoms with Crippen LogP contribution in [0.3, 0.4) is 0 Å². The average Bonchev–Trinajstić information content (AvgIpc) is 2.46. The van der Waals surface area contributed by atoms with Crippen LogP contribution in [0.5, 0.6) is 0 Å².